The van der Waals surface area contributed by atoms with E-state index in [2.05, 4.69) is 0 Å². The predicted molar refractivity (Wildman–Crippen MR) is 72.2 cm³/mol. The lowest BCUT2D eigenvalue weighted by molar-refractivity contribution is -0.113. The number of ketones is 1. The molecule has 0 aromatic heterocycles. The number of aliphatic hydroxyl groups is 1. The van der Waals surface area contributed by atoms with Crippen LogP contribution in [-0.4, -0.2) is 10.9 Å². The zero-order valence-corrected chi connectivity index (χ0v) is 9.91. The fraction of sp³-hybridized carbons (Fsp3) is 0.0625. The lowest BCUT2D eigenvalue weighted by Crippen LogP contribution is -2.05. The van der Waals surface area contributed by atoms with E-state index in [1.165, 1.54) is 0 Å². The van der Waals surface area contributed by atoms with Gasteiger partial charge in [-0.2, -0.15) is 0 Å². The molecule has 2 aromatic carbocycles. The lowest BCUT2D eigenvalue weighted by atomic mass is 9.98. The van der Waals surface area contributed by atoms with Gasteiger partial charge in [0.25, 0.3) is 0 Å². The van der Waals surface area contributed by atoms with Crippen LogP contribution in [0.2, 0.25) is 0 Å². The number of carbonyl (C=O) groups is 1. The van der Waals surface area contributed by atoms with Gasteiger partial charge in [-0.05, 0) is 11.1 Å². The van der Waals surface area contributed by atoms with Gasteiger partial charge in [0, 0.05) is 6.42 Å². The number of aliphatic hydroxyl groups excluding tert-OH is 1. The quantitative estimate of drug-likeness (QED) is 0.654. The van der Waals surface area contributed by atoms with E-state index in [1.54, 1.807) is 0 Å². The summed E-state index contributed by atoms with van der Waals surface area (Å²) in [6.07, 6.45) is 1.18. The molecule has 0 fully saturated rings. The normalized spacial score (nSPS) is 11.2. The minimum atomic E-state index is -0.0881. The van der Waals surface area contributed by atoms with Gasteiger partial charge >= 0.3 is 0 Å². The molecule has 0 aliphatic rings. The molecule has 0 spiro atoms. The molecule has 2 heteroatoms. The van der Waals surface area contributed by atoms with Crippen LogP contribution in [0.3, 0.4) is 0 Å². The van der Waals surface area contributed by atoms with E-state index in [1.807, 2.05) is 60.7 Å². The Bertz CT molecular complexity index is 542. The Hall–Kier alpha value is -2.35. The number of hydrogen-bond acceptors (Lipinski definition) is 2. The van der Waals surface area contributed by atoms with Gasteiger partial charge in [0.1, 0.15) is 0 Å². The molecule has 90 valence electrons. The molecule has 2 aromatic rings. The molecular formula is C16H14O2. The smallest absolute Gasteiger partial charge is 0.170 e. The third-order valence-electron chi connectivity index (χ3n) is 2.72. The number of Topliss-reactive ketones (excluding diaryl/α,β-unsaturated/α-hetero) is 1. The molecule has 2 nitrogen and oxygen atoms in total. The summed E-state index contributed by atoms with van der Waals surface area (Å²) in [5.41, 5.74) is 2.03. The van der Waals surface area contributed by atoms with Crippen LogP contribution in [0.1, 0.15) is 11.1 Å². The standard InChI is InChI=1S/C16H14O2/c17-12-15(14-9-5-2-6-10-14)16(18)11-13-7-3-1-4-8-13/h1-10,12,17H,11H2/b15-12-. The molecule has 0 atom stereocenters. The zero-order chi connectivity index (χ0) is 12.8. The summed E-state index contributed by atoms with van der Waals surface area (Å²) in [6, 6.07) is 18.7. The maximum Gasteiger partial charge on any atom is 0.170 e. The molecular weight excluding hydrogens is 224 g/mol. The number of carbonyl (C=O) groups excluding carboxylic acids is 1. The Morgan fingerprint density at radius 2 is 1.50 bits per heavy atom. The van der Waals surface area contributed by atoms with E-state index in [-0.39, 0.29) is 5.78 Å². The summed E-state index contributed by atoms with van der Waals surface area (Å²) in [4.78, 5) is 12.1. The number of rotatable bonds is 4. The average Bonchev–Trinajstić information content (AvgIpc) is 2.42. The molecule has 0 heterocycles. The number of benzene rings is 2. The van der Waals surface area contributed by atoms with Gasteiger partial charge in [0.2, 0.25) is 0 Å². The largest absolute Gasteiger partial charge is 0.515 e. The monoisotopic (exact) mass is 238 g/mol. The Balaban J connectivity index is 2.18. The van der Waals surface area contributed by atoms with Gasteiger partial charge in [-0.15, -0.1) is 0 Å². The van der Waals surface area contributed by atoms with E-state index in [9.17, 15) is 9.90 Å². The zero-order valence-electron chi connectivity index (χ0n) is 9.91. The van der Waals surface area contributed by atoms with Crippen LogP contribution < -0.4 is 0 Å². The second kappa shape index (κ2) is 5.82. The highest BCUT2D eigenvalue weighted by molar-refractivity contribution is 6.21. The van der Waals surface area contributed by atoms with E-state index in [0.717, 1.165) is 17.4 Å². The Kier molecular flexibility index (Phi) is 3.92. The molecule has 18 heavy (non-hydrogen) atoms. The Labute approximate surface area is 106 Å². The van der Waals surface area contributed by atoms with Crippen LogP contribution in [0.15, 0.2) is 66.9 Å². The van der Waals surface area contributed by atoms with E-state index in [0.29, 0.717) is 12.0 Å². The van der Waals surface area contributed by atoms with Gasteiger partial charge in [-0.25, -0.2) is 0 Å². The van der Waals surface area contributed by atoms with Crippen molar-refractivity contribution in [1.82, 2.24) is 0 Å². The van der Waals surface area contributed by atoms with Gasteiger partial charge in [-0.1, -0.05) is 60.7 Å². The maximum atomic E-state index is 12.1. The topological polar surface area (TPSA) is 37.3 Å². The highest BCUT2D eigenvalue weighted by atomic mass is 16.2. The van der Waals surface area contributed by atoms with Gasteiger partial charge < -0.3 is 5.11 Å². The van der Waals surface area contributed by atoms with Gasteiger partial charge in [0.05, 0.1) is 11.8 Å². The highest BCUT2D eigenvalue weighted by Crippen LogP contribution is 2.16. The van der Waals surface area contributed by atoms with Crippen molar-refractivity contribution in [3.63, 3.8) is 0 Å². The van der Waals surface area contributed by atoms with Crippen LogP contribution in [0, 0.1) is 0 Å². The molecule has 0 unspecified atom stereocenters. The molecule has 0 bridgehead atoms. The third kappa shape index (κ3) is 2.86. The highest BCUT2D eigenvalue weighted by Gasteiger charge is 2.12. The maximum absolute atomic E-state index is 12.1. The average molecular weight is 238 g/mol. The molecule has 0 radical (unpaired) electrons. The van der Waals surface area contributed by atoms with Crippen LogP contribution in [0.5, 0.6) is 0 Å². The van der Waals surface area contributed by atoms with Crippen molar-refractivity contribution < 1.29 is 9.90 Å². The van der Waals surface area contributed by atoms with Crippen molar-refractivity contribution in [1.29, 1.82) is 0 Å². The van der Waals surface area contributed by atoms with Crippen LogP contribution in [-0.2, 0) is 11.2 Å². The minimum absolute atomic E-state index is 0.0881. The molecule has 0 amide bonds. The van der Waals surface area contributed by atoms with Crippen molar-refractivity contribution in [3.05, 3.63) is 78.1 Å². The van der Waals surface area contributed by atoms with E-state index in [4.69, 9.17) is 0 Å². The van der Waals surface area contributed by atoms with Crippen LogP contribution in [0.4, 0.5) is 0 Å². The van der Waals surface area contributed by atoms with Gasteiger partial charge in [-0.3, -0.25) is 4.79 Å². The lowest BCUT2D eigenvalue weighted by Gasteiger charge is -2.05. The van der Waals surface area contributed by atoms with Crippen molar-refractivity contribution in [3.8, 4) is 0 Å². The second-order valence-electron chi connectivity index (χ2n) is 3.99. The Morgan fingerprint density at radius 3 is 2.06 bits per heavy atom. The summed E-state index contributed by atoms with van der Waals surface area (Å²) in [6.45, 7) is 0. The minimum Gasteiger partial charge on any atom is -0.515 e. The second-order valence-corrected chi connectivity index (χ2v) is 3.99. The van der Waals surface area contributed by atoms with Crippen molar-refractivity contribution in [2.45, 2.75) is 6.42 Å². The summed E-state index contributed by atoms with van der Waals surface area (Å²) in [5.74, 6) is -0.0881. The fourth-order valence-electron chi connectivity index (χ4n) is 1.80. The first-order valence-electron chi connectivity index (χ1n) is 5.78. The van der Waals surface area contributed by atoms with Crippen molar-refractivity contribution >= 4 is 11.4 Å². The molecule has 0 aliphatic heterocycles. The number of allylic oxidation sites excluding steroid dienone is 1. The van der Waals surface area contributed by atoms with Crippen molar-refractivity contribution in [2.24, 2.45) is 0 Å². The SMILES string of the molecule is O=C(Cc1ccccc1)/C(=C\O)c1ccccc1. The molecule has 0 aliphatic carbocycles. The Morgan fingerprint density at radius 1 is 0.944 bits per heavy atom. The van der Waals surface area contributed by atoms with Gasteiger partial charge in [0.15, 0.2) is 5.78 Å². The van der Waals surface area contributed by atoms with E-state index >= 15 is 0 Å². The molecule has 1 N–H and O–H groups in total. The van der Waals surface area contributed by atoms with Crippen molar-refractivity contribution in [2.75, 3.05) is 0 Å². The summed E-state index contributed by atoms with van der Waals surface area (Å²) >= 11 is 0. The summed E-state index contributed by atoms with van der Waals surface area (Å²) in [7, 11) is 0. The van der Waals surface area contributed by atoms with E-state index < -0.39 is 0 Å². The number of hydrogen-bond donors (Lipinski definition) is 1. The van der Waals surface area contributed by atoms with Crippen LogP contribution in [0.25, 0.3) is 5.57 Å². The fourth-order valence-corrected chi connectivity index (χ4v) is 1.80. The molecule has 2 rings (SSSR count). The predicted octanol–water partition coefficient (Wildman–Crippen LogP) is 3.40. The summed E-state index contributed by atoms with van der Waals surface area (Å²) < 4.78 is 0. The summed E-state index contributed by atoms with van der Waals surface area (Å²) in [5, 5.41) is 9.25. The first-order chi connectivity index (χ1) is 8.81. The van der Waals surface area contributed by atoms with Crippen LogP contribution >= 0.6 is 0 Å². The molecule has 0 saturated heterocycles. The first-order valence-corrected chi connectivity index (χ1v) is 5.78. The third-order valence-corrected chi connectivity index (χ3v) is 2.72. The molecule has 0 saturated carbocycles. The first kappa shape index (κ1) is 12.1.